The third-order valence-electron chi connectivity index (χ3n) is 3.38. The van der Waals surface area contributed by atoms with Crippen LogP contribution in [0, 0.1) is 5.92 Å². The molecule has 1 saturated carbocycles. The number of rotatable bonds is 5. The minimum Gasteiger partial charge on any atom is -0.496 e. The van der Waals surface area contributed by atoms with E-state index in [0.717, 1.165) is 12.8 Å². The Hall–Kier alpha value is -2.24. The molecular formula is C14H18N2O4. The van der Waals surface area contributed by atoms with E-state index in [2.05, 4.69) is 10.6 Å². The van der Waals surface area contributed by atoms with E-state index in [0.29, 0.717) is 11.6 Å². The Labute approximate surface area is 117 Å². The van der Waals surface area contributed by atoms with Gasteiger partial charge in [0.2, 0.25) is 0 Å². The van der Waals surface area contributed by atoms with Crippen LogP contribution < -0.4 is 15.4 Å². The van der Waals surface area contributed by atoms with Gasteiger partial charge in [-0.25, -0.2) is 9.59 Å². The number of benzene rings is 1. The molecule has 0 radical (unpaired) electrons. The Bertz CT molecular complexity index is 526. The molecule has 1 aliphatic rings. The van der Waals surface area contributed by atoms with Crippen LogP contribution in [0.4, 0.5) is 10.5 Å². The van der Waals surface area contributed by atoms with Gasteiger partial charge < -0.3 is 20.5 Å². The third-order valence-corrected chi connectivity index (χ3v) is 3.38. The molecule has 1 aromatic carbocycles. The van der Waals surface area contributed by atoms with Gasteiger partial charge in [-0.3, -0.25) is 0 Å². The number of urea groups is 1. The second-order valence-corrected chi connectivity index (χ2v) is 4.94. The molecule has 0 saturated heterocycles. The summed E-state index contributed by atoms with van der Waals surface area (Å²) in [6, 6.07) is 4.28. The lowest BCUT2D eigenvalue weighted by molar-refractivity contribution is 0.0693. The van der Waals surface area contributed by atoms with Crippen molar-refractivity contribution in [3.63, 3.8) is 0 Å². The van der Waals surface area contributed by atoms with E-state index in [1.54, 1.807) is 0 Å². The van der Waals surface area contributed by atoms with Gasteiger partial charge in [-0.2, -0.15) is 0 Å². The first-order valence-corrected chi connectivity index (χ1v) is 6.50. The van der Waals surface area contributed by atoms with Crippen LogP contribution in [0.1, 0.15) is 30.1 Å². The fourth-order valence-electron chi connectivity index (χ4n) is 2.03. The van der Waals surface area contributed by atoms with E-state index in [1.807, 2.05) is 6.92 Å². The summed E-state index contributed by atoms with van der Waals surface area (Å²) < 4.78 is 5.01. The summed E-state index contributed by atoms with van der Waals surface area (Å²) in [6.45, 7) is 1.98. The second kappa shape index (κ2) is 5.81. The van der Waals surface area contributed by atoms with Crippen molar-refractivity contribution in [3.05, 3.63) is 23.8 Å². The highest BCUT2D eigenvalue weighted by Gasteiger charge is 2.28. The van der Waals surface area contributed by atoms with Crippen LogP contribution >= 0.6 is 0 Å². The maximum absolute atomic E-state index is 11.8. The number of nitrogens with one attached hydrogen (secondary N) is 2. The summed E-state index contributed by atoms with van der Waals surface area (Å²) in [7, 11) is 1.39. The fourth-order valence-corrected chi connectivity index (χ4v) is 2.03. The number of methoxy groups -OCH3 is 1. The van der Waals surface area contributed by atoms with Crippen molar-refractivity contribution < 1.29 is 19.4 Å². The van der Waals surface area contributed by atoms with Crippen molar-refractivity contribution in [1.82, 2.24) is 5.32 Å². The zero-order chi connectivity index (χ0) is 14.7. The van der Waals surface area contributed by atoms with Crippen LogP contribution in [-0.2, 0) is 0 Å². The lowest BCUT2D eigenvalue weighted by atomic mass is 10.2. The van der Waals surface area contributed by atoms with Crippen LogP contribution in [0.3, 0.4) is 0 Å². The maximum Gasteiger partial charge on any atom is 0.339 e. The maximum atomic E-state index is 11.8. The number of carbonyl (C=O) groups is 2. The average Bonchev–Trinajstić information content (AvgIpc) is 3.22. The molecule has 6 nitrogen and oxygen atoms in total. The topological polar surface area (TPSA) is 87.7 Å². The van der Waals surface area contributed by atoms with Gasteiger partial charge in [0.15, 0.2) is 0 Å². The Kier molecular flexibility index (Phi) is 4.12. The molecule has 1 aromatic rings. The molecule has 2 amide bonds. The van der Waals surface area contributed by atoms with Crippen LogP contribution in [0.15, 0.2) is 18.2 Å². The van der Waals surface area contributed by atoms with Crippen LogP contribution in [0.5, 0.6) is 5.75 Å². The monoisotopic (exact) mass is 278 g/mol. The predicted octanol–water partition coefficient (Wildman–Crippen LogP) is 2.31. The highest BCUT2D eigenvalue weighted by atomic mass is 16.5. The number of amides is 2. The summed E-state index contributed by atoms with van der Waals surface area (Å²) in [4.78, 5) is 22.8. The number of ether oxygens (including phenoxy) is 1. The molecule has 0 aromatic heterocycles. The first-order valence-electron chi connectivity index (χ1n) is 6.50. The third kappa shape index (κ3) is 3.40. The first kappa shape index (κ1) is 14.2. The molecule has 108 valence electrons. The lowest BCUT2D eigenvalue weighted by Gasteiger charge is -2.14. The average molecular weight is 278 g/mol. The van der Waals surface area contributed by atoms with Gasteiger partial charge in [-0.15, -0.1) is 0 Å². The molecule has 1 aliphatic carbocycles. The quantitative estimate of drug-likeness (QED) is 0.771. The molecule has 3 N–H and O–H groups in total. The summed E-state index contributed by atoms with van der Waals surface area (Å²) in [5.74, 6) is -0.282. The minimum absolute atomic E-state index is 0.0600. The van der Waals surface area contributed by atoms with E-state index < -0.39 is 5.97 Å². The Balaban J connectivity index is 2.01. The highest BCUT2D eigenvalue weighted by molar-refractivity contribution is 5.94. The van der Waals surface area contributed by atoms with Crippen molar-refractivity contribution in [1.29, 1.82) is 0 Å². The summed E-state index contributed by atoms with van der Waals surface area (Å²) >= 11 is 0. The lowest BCUT2D eigenvalue weighted by Crippen LogP contribution is -2.37. The largest absolute Gasteiger partial charge is 0.496 e. The zero-order valence-corrected chi connectivity index (χ0v) is 11.5. The number of hydrogen-bond acceptors (Lipinski definition) is 3. The van der Waals surface area contributed by atoms with Crippen molar-refractivity contribution >= 4 is 17.7 Å². The summed E-state index contributed by atoms with van der Waals surface area (Å²) in [5, 5.41) is 14.5. The van der Waals surface area contributed by atoms with E-state index in [4.69, 9.17) is 9.84 Å². The van der Waals surface area contributed by atoms with Gasteiger partial charge in [-0.05, 0) is 37.8 Å². The Morgan fingerprint density at radius 2 is 2.10 bits per heavy atom. The number of carboxylic acids is 1. The molecule has 20 heavy (non-hydrogen) atoms. The predicted molar refractivity (Wildman–Crippen MR) is 74.3 cm³/mol. The van der Waals surface area contributed by atoms with Crippen molar-refractivity contribution in [2.75, 3.05) is 12.4 Å². The first-order chi connectivity index (χ1) is 9.51. The number of carboxylic acid groups (broad SMARTS) is 1. The van der Waals surface area contributed by atoms with Gasteiger partial charge in [0.05, 0.1) is 7.11 Å². The standard InChI is InChI=1S/C14H18N2O4/c1-8(9-3-4-9)15-14(19)16-10-5-6-11(13(17)18)12(7-10)20-2/h5-9H,3-4H2,1-2H3,(H,17,18)(H2,15,16,19). The van der Waals surface area contributed by atoms with Gasteiger partial charge >= 0.3 is 12.0 Å². The highest BCUT2D eigenvalue weighted by Crippen LogP contribution is 2.32. The normalized spacial score (nSPS) is 15.3. The van der Waals surface area contributed by atoms with Gasteiger partial charge in [-0.1, -0.05) is 0 Å². The van der Waals surface area contributed by atoms with Gasteiger partial charge in [0.1, 0.15) is 11.3 Å². The number of anilines is 1. The fraction of sp³-hybridized carbons (Fsp3) is 0.429. The molecule has 1 fully saturated rings. The molecule has 6 heteroatoms. The molecule has 1 unspecified atom stereocenters. The molecule has 1 atom stereocenters. The van der Waals surface area contributed by atoms with Crippen molar-refractivity contribution in [2.45, 2.75) is 25.8 Å². The van der Waals surface area contributed by atoms with E-state index >= 15 is 0 Å². The molecule has 0 bridgehead atoms. The smallest absolute Gasteiger partial charge is 0.339 e. The van der Waals surface area contributed by atoms with Gasteiger partial charge in [0, 0.05) is 17.8 Å². The minimum atomic E-state index is -1.07. The van der Waals surface area contributed by atoms with Crippen LogP contribution in [0.25, 0.3) is 0 Å². The molecule has 0 heterocycles. The SMILES string of the molecule is COc1cc(NC(=O)NC(C)C2CC2)ccc1C(=O)O. The zero-order valence-electron chi connectivity index (χ0n) is 11.5. The molecule has 0 spiro atoms. The van der Waals surface area contributed by atoms with E-state index in [1.165, 1.54) is 25.3 Å². The van der Waals surface area contributed by atoms with Crippen molar-refractivity contribution in [3.8, 4) is 5.75 Å². The summed E-state index contributed by atoms with van der Waals surface area (Å²) in [5.41, 5.74) is 0.553. The molecular weight excluding hydrogens is 260 g/mol. The second-order valence-electron chi connectivity index (χ2n) is 4.94. The summed E-state index contributed by atoms with van der Waals surface area (Å²) in [6.07, 6.45) is 2.31. The van der Waals surface area contributed by atoms with Gasteiger partial charge in [0.25, 0.3) is 0 Å². The Morgan fingerprint density at radius 3 is 2.65 bits per heavy atom. The molecule has 0 aliphatic heterocycles. The Morgan fingerprint density at radius 1 is 1.40 bits per heavy atom. The number of aromatic carboxylic acids is 1. The number of hydrogen-bond donors (Lipinski definition) is 3. The van der Waals surface area contributed by atoms with E-state index in [9.17, 15) is 9.59 Å². The van der Waals surface area contributed by atoms with Crippen molar-refractivity contribution in [2.24, 2.45) is 5.92 Å². The molecule has 2 rings (SSSR count). The van der Waals surface area contributed by atoms with Crippen LogP contribution in [-0.4, -0.2) is 30.3 Å². The van der Waals surface area contributed by atoms with E-state index in [-0.39, 0.29) is 23.4 Å². The van der Waals surface area contributed by atoms with Crippen LogP contribution in [0.2, 0.25) is 0 Å². The number of carbonyl (C=O) groups excluding carboxylic acids is 1.